The van der Waals surface area contributed by atoms with Gasteiger partial charge >= 0.3 is 0 Å². The standard InChI is InChI=1S/C13H25N3O2/c1-2-8-15-12(14)16-9-11-10-17-13(18-11)6-4-3-5-7-13/h11H,2-10H2,1H3,(H3,14,15,16). The molecule has 2 aliphatic rings. The molecule has 3 N–H and O–H groups in total. The molecule has 1 heterocycles. The van der Waals surface area contributed by atoms with Crippen LogP contribution in [0.25, 0.3) is 0 Å². The van der Waals surface area contributed by atoms with Crippen molar-refractivity contribution in [2.24, 2.45) is 10.7 Å². The predicted molar refractivity (Wildman–Crippen MR) is 71.4 cm³/mol. The lowest BCUT2D eigenvalue weighted by molar-refractivity contribution is -0.186. The van der Waals surface area contributed by atoms with Crippen LogP contribution in [-0.4, -0.2) is 37.5 Å². The number of nitrogens with one attached hydrogen (secondary N) is 1. The van der Waals surface area contributed by atoms with Crippen molar-refractivity contribution >= 4 is 5.96 Å². The summed E-state index contributed by atoms with van der Waals surface area (Å²) in [4.78, 5) is 4.30. The first kappa shape index (κ1) is 13.6. The Balaban J connectivity index is 1.75. The summed E-state index contributed by atoms with van der Waals surface area (Å²) in [6.07, 6.45) is 6.86. The number of rotatable bonds is 4. The Kier molecular flexibility index (Phi) is 4.83. The van der Waals surface area contributed by atoms with E-state index in [2.05, 4.69) is 17.2 Å². The van der Waals surface area contributed by atoms with Gasteiger partial charge in [-0.3, -0.25) is 4.99 Å². The molecule has 1 saturated heterocycles. The van der Waals surface area contributed by atoms with Crippen LogP contribution < -0.4 is 11.1 Å². The van der Waals surface area contributed by atoms with Crippen molar-refractivity contribution < 1.29 is 9.47 Å². The molecule has 0 radical (unpaired) electrons. The number of guanidine groups is 1. The normalized spacial score (nSPS) is 27.6. The van der Waals surface area contributed by atoms with E-state index >= 15 is 0 Å². The predicted octanol–water partition coefficient (Wildman–Crippen LogP) is 1.38. The highest BCUT2D eigenvalue weighted by atomic mass is 16.7. The van der Waals surface area contributed by atoms with Gasteiger partial charge in [-0.15, -0.1) is 0 Å². The molecule has 0 aromatic rings. The van der Waals surface area contributed by atoms with E-state index in [1.165, 1.54) is 19.3 Å². The molecule has 104 valence electrons. The second-order valence-electron chi connectivity index (χ2n) is 5.17. The van der Waals surface area contributed by atoms with Crippen molar-refractivity contribution in [1.29, 1.82) is 0 Å². The van der Waals surface area contributed by atoms with Crippen LogP contribution in [0.4, 0.5) is 0 Å². The van der Waals surface area contributed by atoms with Crippen LogP contribution in [0.3, 0.4) is 0 Å². The Morgan fingerprint density at radius 3 is 2.89 bits per heavy atom. The second-order valence-corrected chi connectivity index (χ2v) is 5.17. The van der Waals surface area contributed by atoms with Crippen LogP contribution in [-0.2, 0) is 9.47 Å². The first-order chi connectivity index (χ1) is 8.74. The fourth-order valence-electron chi connectivity index (χ4n) is 2.57. The van der Waals surface area contributed by atoms with Gasteiger partial charge in [0.25, 0.3) is 0 Å². The van der Waals surface area contributed by atoms with Gasteiger partial charge in [-0.05, 0) is 19.3 Å². The van der Waals surface area contributed by atoms with Gasteiger partial charge in [0.05, 0.1) is 13.2 Å². The molecule has 1 atom stereocenters. The van der Waals surface area contributed by atoms with E-state index in [9.17, 15) is 0 Å². The van der Waals surface area contributed by atoms with Crippen LogP contribution >= 0.6 is 0 Å². The number of aliphatic imine (C=N–C) groups is 1. The number of hydrogen-bond donors (Lipinski definition) is 2. The van der Waals surface area contributed by atoms with Crippen molar-refractivity contribution in [2.75, 3.05) is 19.7 Å². The van der Waals surface area contributed by atoms with E-state index in [-0.39, 0.29) is 11.9 Å². The van der Waals surface area contributed by atoms with Gasteiger partial charge in [0.15, 0.2) is 11.7 Å². The number of nitrogens with two attached hydrogens (primary N) is 1. The molecular formula is C13H25N3O2. The van der Waals surface area contributed by atoms with Gasteiger partial charge in [-0.2, -0.15) is 0 Å². The maximum absolute atomic E-state index is 6.03. The Morgan fingerprint density at radius 2 is 2.17 bits per heavy atom. The SMILES string of the molecule is CCCNC(N)=NCC1COC2(CCCCC2)O1. The largest absolute Gasteiger partial charge is 0.370 e. The number of ether oxygens (including phenoxy) is 2. The first-order valence-corrected chi connectivity index (χ1v) is 7.10. The average Bonchev–Trinajstić information content (AvgIpc) is 2.78. The molecule has 1 unspecified atom stereocenters. The topological polar surface area (TPSA) is 68.9 Å². The summed E-state index contributed by atoms with van der Waals surface area (Å²) in [5.41, 5.74) is 5.75. The monoisotopic (exact) mass is 255 g/mol. The Hall–Kier alpha value is -0.810. The highest BCUT2D eigenvalue weighted by Gasteiger charge is 2.41. The van der Waals surface area contributed by atoms with Crippen molar-refractivity contribution in [2.45, 2.75) is 57.3 Å². The van der Waals surface area contributed by atoms with Crippen molar-refractivity contribution in [3.8, 4) is 0 Å². The summed E-state index contributed by atoms with van der Waals surface area (Å²) in [6.45, 7) is 4.19. The van der Waals surface area contributed by atoms with Gasteiger partial charge in [0.1, 0.15) is 6.10 Å². The first-order valence-electron chi connectivity index (χ1n) is 7.10. The Labute approximate surface area is 109 Å². The zero-order chi connectivity index (χ0) is 12.8. The fraction of sp³-hybridized carbons (Fsp3) is 0.923. The van der Waals surface area contributed by atoms with Gasteiger partial charge in [0, 0.05) is 19.4 Å². The molecule has 2 fully saturated rings. The lowest BCUT2D eigenvalue weighted by atomic mass is 9.94. The molecular weight excluding hydrogens is 230 g/mol. The third-order valence-electron chi connectivity index (χ3n) is 3.55. The van der Waals surface area contributed by atoms with Crippen molar-refractivity contribution in [1.82, 2.24) is 5.32 Å². The third kappa shape index (κ3) is 3.59. The molecule has 1 aliphatic carbocycles. The zero-order valence-electron chi connectivity index (χ0n) is 11.3. The molecule has 0 aromatic heterocycles. The summed E-state index contributed by atoms with van der Waals surface area (Å²) in [7, 11) is 0. The number of hydrogen-bond acceptors (Lipinski definition) is 3. The van der Waals surface area contributed by atoms with E-state index in [1.807, 2.05) is 0 Å². The molecule has 0 aromatic carbocycles. The summed E-state index contributed by atoms with van der Waals surface area (Å²) >= 11 is 0. The second kappa shape index (κ2) is 6.38. The van der Waals surface area contributed by atoms with E-state index in [0.717, 1.165) is 25.8 Å². The van der Waals surface area contributed by atoms with E-state index in [1.54, 1.807) is 0 Å². The molecule has 1 spiro atoms. The Morgan fingerprint density at radius 1 is 1.39 bits per heavy atom. The smallest absolute Gasteiger partial charge is 0.188 e. The van der Waals surface area contributed by atoms with Crippen molar-refractivity contribution in [3.63, 3.8) is 0 Å². The highest BCUT2D eigenvalue weighted by Crippen LogP contribution is 2.37. The molecule has 2 rings (SSSR count). The van der Waals surface area contributed by atoms with Crippen LogP contribution in [0, 0.1) is 0 Å². The van der Waals surface area contributed by atoms with E-state index in [4.69, 9.17) is 15.2 Å². The molecule has 1 aliphatic heterocycles. The minimum atomic E-state index is -0.302. The fourth-order valence-corrected chi connectivity index (χ4v) is 2.57. The summed E-state index contributed by atoms with van der Waals surface area (Å²) in [6, 6.07) is 0. The van der Waals surface area contributed by atoms with Gasteiger partial charge in [-0.1, -0.05) is 13.3 Å². The lowest BCUT2D eigenvalue weighted by Gasteiger charge is -2.31. The summed E-state index contributed by atoms with van der Waals surface area (Å²) in [5.74, 6) is 0.203. The maximum Gasteiger partial charge on any atom is 0.188 e. The minimum Gasteiger partial charge on any atom is -0.370 e. The van der Waals surface area contributed by atoms with Crippen molar-refractivity contribution in [3.05, 3.63) is 0 Å². The zero-order valence-corrected chi connectivity index (χ0v) is 11.3. The Bertz CT molecular complexity index is 288. The van der Waals surface area contributed by atoms with Crippen LogP contribution in [0.2, 0.25) is 0 Å². The molecule has 1 saturated carbocycles. The lowest BCUT2D eigenvalue weighted by Crippen LogP contribution is -2.35. The van der Waals surface area contributed by atoms with Gasteiger partial charge in [0.2, 0.25) is 0 Å². The van der Waals surface area contributed by atoms with Gasteiger partial charge < -0.3 is 20.5 Å². The molecule has 18 heavy (non-hydrogen) atoms. The minimum absolute atomic E-state index is 0.0603. The number of nitrogens with zero attached hydrogens (tertiary/aromatic N) is 1. The molecule has 0 bridgehead atoms. The third-order valence-corrected chi connectivity index (χ3v) is 3.55. The van der Waals surface area contributed by atoms with Crippen LogP contribution in [0.15, 0.2) is 4.99 Å². The van der Waals surface area contributed by atoms with Gasteiger partial charge in [-0.25, -0.2) is 0 Å². The summed E-state index contributed by atoms with van der Waals surface area (Å²) < 4.78 is 11.9. The van der Waals surface area contributed by atoms with Crippen LogP contribution in [0.5, 0.6) is 0 Å². The van der Waals surface area contributed by atoms with Crippen LogP contribution in [0.1, 0.15) is 45.4 Å². The maximum atomic E-state index is 6.03. The molecule has 0 amide bonds. The average molecular weight is 255 g/mol. The highest BCUT2D eigenvalue weighted by molar-refractivity contribution is 5.77. The van der Waals surface area contributed by atoms with E-state index in [0.29, 0.717) is 19.1 Å². The summed E-state index contributed by atoms with van der Waals surface area (Å²) in [5, 5.41) is 3.06. The molecule has 5 nitrogen and oxygen atoms in total. The molecule has 5 heteroatoms. The van der Waals surface area contributed by atoms with E-state index < -0.39 is 0 Å². The quantitative estimate of drug-likeness (QED) is 0.588.